The minimum Gasteiger partial charge on any atom is -0.389 e. The zero-order valence-corrected chi connectivity index (χ0v) is 4.90. The summed E-state index contributed by atoms with van der Waals surface area (Å²) >= 11 is 3.56. The first kappa shape index (κ1) is 6.44. The molecule has 0 aliphatic carbocycles. The maximum atomic E-state index is 4.54. The Labute approximate surface area is 45.4 Å². The van der Waals surface area contributed by atoms with Crippen LogP contribution in [-0.2, 0) is 4.10 Å². The van der Waals surface area contributed by atoms with Gasteiger partial charge in [-0.2, -0.15) is 0 Å². The summed E-state index contributed by atoms with van der Waals surface area (Å²) in [4.78, 5) is 0. The predicted octanol–water partition coefficient (Wildman–Crippen LogP) is 0.718. The molecule has 0 heterocycles. The van der Waals surface area contributed by atoms with Gasteiger partial charge in [0, 0.05) is 0 Å². The van der Waals surface area contributed by atoms with Crippen LogP contribution in [0, 0.1) is 0 Å². The van der Waals surface area contributed by atoms with Gasteiger partial charge in [-0.25, -0.2) is 0 Å². The molecular weight excluding hydrogens is 93.7 g/mol. The van der Waals surface area contributed by atoms with E-state index in [1.165, 1.54) is 0 Å². The molecule has 1 nitrogen and oxygen atoms in total. The summed E-state index contributed by atoms with van der Waals surface area (Å²) in [5.41, 5.74) is 0. The van der Waals surface area contributed by atoms with Gasteiger partial charge in [-0.3, -0.25) is 0 Å². The van der Waals surface area contributed by atoms with Gasteiger partial charge >= 0.3 is 0 Å². The van der Waals surface area contributed by atoms with E-state index in [4.69, 9.17) is 0 Å². The van der Waals surface area contributed by atoms with Gasteiger partial charge in [-0.15, -0.1) is 0 Å². The van der Waals surface area contributed by atoms with Crippen LogP contribution in [0.15, 0.2) is 0 Å². The van der Waals surface area contributed by atoms with E-state index < -0.39 is 0 Å². The SMILES string of the molecule is C[B]B(C)OS. The van der Waals surface area contributed by atoms with E-state index in [1.54, 1.807) is 0 Å². The Morgan fingerprint density at radius 2 is 2.33 bits per heavy atom. The number of rotatable bonds is 2. The highest BCUT2D eigenvalue weighted by atomic mass is 32.1. The second-order valence-electron chi connectivity index (χ2n) is 1.14. The first-order valence-electron chi connectivity index (χ1n) is 1.91. The third-order valence-corrected chi connectivity index (χ3v) is 0.968. The first-order chi connectivity index (χ1) is 2.81. The van der Waals surface area contributed by atoms with Crippen molar-refractivity contribution in [2.75, 3.05) is 0 Å². The van der Waals surface area contributed by atoms with Crippen LogP contribution in [-0.4, -0.2) is 14.0 Å². The Morgan fingerprint density at radius 3 is 2.33 bits per heavy atom. The van der Waals surface area contributed by atoms with Crippen molar-refractivity contribution in [1.29, 1.82) is 0 Å². The Balaban J connectivity index is 2.75. The van der Waals surface area contributed by atoms with Gasteiger partial charge in [0.25, 0.3) is 6.81 Å². The van der Waals surface area contributed by atoms with E-state index in [1.807, 2.05) is 20.8 Å². The van der Waals surface area contributed by atoms with Gasteiger partial charge in [-0.1, -0.05) is 13.6 Å². The molecular formula is C2H7B2OS. The monoisotopic (exact) mass is 101 g/mol. The van der Waals surface area contributed by atoms with Crippen molar-refractivity contribution in [3.05, 3.63) is 0 Å². The van der Waals surface area contributed by atoms with E-state index in [2.05, 4.69) is 17.0 Å². The lowest BCUT2D eigenvalue weighted by Gasteiger charge is -1.93. The summed E-state index contributed by atoms with van der Waals surface area (Å²) in [6, 6.07) is 0. The second-order valence-corrected chi connectivity index (χ2v) is 1.35. The normalized spacial score (nSPS) is 7.83. The molecule has 0 fully saturated rings. The quantitative estimate of drug-likeness (QED) is 0.306. The standard InChI is InChI=1S/C2H7B2OS/c1-3-4(2)5-6/h6H,1-2H3. The van der Waals surface area contributed by atoms with Gasteiger partial charge in [0.15, 0.2) is 0 Å². The van der Waals surface area contributed by atoms with E-state index in [0.717, 1.165) is 0 Å². The van der Waals surface area contributed by atoms with Crippen LogP contribution < -0.4 is 0 Å². The summed E-state index contributed by atoms with van der Waals surface area (Å²) in [6.45, 7) is 4.03. The van der Waals surface area contributed by atoms with Crippen LogP contribution in [0.25, 0.3) is 0 Å². The summed E-state index contributed by atoms with van der Waals surface area (Å²) in [5.74, 6) is 0. The average Bonchev–Trinajstić information content (AvgIpc) is 1.65. The highest BCUT2D eigenvalue weighted by Gasteiger charge is 1.99. The summed E-state index contributed by atoms with van der Waals surface area (Å²) < 4.78 is 4.54. The molecule has 1 radical (unpaired) electrons. The van der Waals surface area contributed by atoms with E-state index in [0.29, 0.717) is 0 Å². The molecule has 0 aromatic heterocycles. The molecule has 0 aromatic carbocycles. The van der Waals surface area contributed by atoms with Gasteiger partial charge < -0.3 is 4.10 Å². The zero-order valence-electron chi connectivity index (χ0n) is 4.01. The van der Waals surface area contributed by atoms with Crippen LogP contribution in [0.2, 0.25) is 13.6 Å². The Hall–Kier alpha value is 0.440. The topological polar surface area (TPSA) is 9.23 Å². The Morgan fingerprint density at radius 1 is 1.83 bits per heavy atom. The number of hydrogen-bond acceptors (Lipinski definition) is 2. The molecule has 0 bridgehead atoms. The molecule has 0 unspecified atom stereocenters. The van der Waals surface area contributed by atoms with Gasteiger partial charge in [-0.05, 0) is 12.9 Å². The third-order valence-electron chi connectivity index (χ3n) is 0.636. The lowest BCUT2D eigenvalue weighted by Crippen LogP contribution is -2.14. The molecule has 33 valence electrons. The maximum Gasteiger partial charge on any atom is 0.262 e. The molecule has 0 spiro atoms. The summed E-state index contributed by atoms with van der Waals surface area (Å²) in [7, 11) is 1.92. The third kappa shape index (κ3) is 2.67. The highest BCUT2D eigenvalue weighted by Crippen LogP contribution is 1.83. The molecule has 0 N–H and O–H groups in total. The summed E-state index contributed by atoms with van der Waals surface area (Å²) in [5, 5.41) is 0. The van der Waals surface area contributed by atoms with E-state index >= 15 is 0 Å². The first-order valence-corrected chi connectivity index (χ1v) is 2.27. The van der Waals surface area contributed by atoms with Crippen LogP contribution >= 0.6 is 12.9 Å². The fourth-order valence-electron chi connectivity index (χ4n) is 0.0609. The minimum absolute atomic E-state index is 0.174. The van der Waals surface area contributed by atoms with Crippen molar-refractivity contribution >= 4 is 26.9 Å². The van der Waals surface area contributed by atoms with Gasteiger partial charge in [0.1, 0.15) is 7.17 Å². The Kier molecular flexibility index (Phi) is 3.89. The molecule has 0 amide bonds. The molecule has 0 aliphatic heterocycles. The minimum atomic E-state index is 0.174. The highest BCUT2D eigenvalue weighted by molar-refractivity contribution is 7.76. The lowest BCUT2D eigenvalue weighted by atomic mass is 9.36. The molecule has 0 rings (SSSR count). The molecule has 0 saturated heterocycles. The fourth-order valence-corrected chi connectivity index (χ4v) is 0.183. The van der Waals surface area contributed by atoms with Crippen molar-refractivity contribution in [3.8, 4) is 0 Å². The molecule has 0 saturated carbocycles. The molecule has 4 heteroatoms. The fraction of sp³-hybridized carbons (Fsp3) is 1.00. The van der Waals surface area contributed by atoms with Crippen molar-refractivity contribution in [1.82, 2.24) is 0 Å². The van der Waals surface area contributed by atoms with Gasteiger partial charge in [0.2, 0.25) is 0 Å². The second kappa shape index (κ2) is 3.62. The predicted molar refractivity (Wildman–Crippen MR) is 33.3 cm³/mol. The zero-order chi connectivity index (χ0) is 4.99. The van der Waals surface area contributed by atoms with Gasteiger partial charge in [0.05, 0.1) is 0 Å². The Bertz CT molecular complexity index is 30.7. The molecule has 0 aromatic rings. The van der Waals surface area contributed by atoms with Crippen molar-refractivity contribution in [2.24, 2.45) is 0 Å². The largest absolute Gasteiger partial charge is 0.389 e. The van der Waals surface area contributed by atoms with E-state index in [-0.39, 0.29) is 6.81 Å². The maximum absolute atomic E-state index is 4.54. The number of thiol groups is 1. The molecule has 0 atom stereocenters. The lowest BCUT2D eigenvalue weighted by molar-refractivity contribution is 0.709. The average molecular weight is 101 g/mol. The molecule has 0 aliphatic rings. The van der Waals surface area contributed by atoms with Crippen LogP contribution in [0.3, 0.4) is 0 Å². The van der Waals surface area contributed by atoms with Crippen molar-refractivity contribution < 1.29 is 4.10 Å². The number of hydrogen-bond donors (Lipinski definition) is 1. The smallest absolute Gasteiger partial charge is 0.262 e. The summed E-state index contributed by atoms with van der Waals surface area (Å²) in [6.07, 6.45) is 0. The van der Waals surface area contributed by atoms with E-state index in [9.17, 15) is 0 Å². The van der Waals surface area contributed by atoms with Crippen molar-refractivity contribution in [2.45, 2.75) is 13.6 Å². The van der Waals surface area contributed by atoms with Crippen molar-refractivity contribution in [3.63, 3.8) is 0 Å². The van der Waals surface area contributed by atoms with Crippen LogP contribution in [0.5, 0.6) is 0 Å². The molecule has 6 heavy (non-hydrogen) atoms. The van der Waals surface area contributed by atoms with Crippen LogP contribution in [0.1, 0.15) is 0 Å². The van der Waals surface area contributed by atoms with Crippen LogP contribution in [0.4, 0.5) is 0 Å².